The first-order valence-corrected chi connectivity index (χ1v) is 7.71. The Hall–Kier alpha value is -1.26. The minimum atomic E-state index is -0.774. The molecule has 0 aromatic rings. The van der Waals surface area contributed by atoms with Gasteiger partial charge in [0.15, 0.2) is 0 Å². The summed E-state index contributed by atoms with van der Waals surface area (Å²) in [5.41, 5.74) is -0.862. The summed E-state index contributed by atoms with van der Waals surface area (Å²) in [7, 11) is 0. The summed E-state index contributed by atoms with van der Waals surface area (Å²) in [6.45, 7) is 4.98. The van der Waals surface area contributed by atoms with E-state index in [0.717, 1.165) is 32.1 Å². The van der Waals surface area contributed by atoms with Crippen molar-refractivity contribution < 1.29 is 14.7 Å². The van der Waals surface area contributed by atoms with Crippen LogP contribution in [0.15, 0.2) is 0 Å². The molecule has 2 fully saturated rings. The number of carbonyl (C=O) groups excluding carboxylic acids is 1. The molecular weight excluding hydrogens is 256 g/mol. The van der Waals surface area contributed by atoms with Gasteiger partial charge in [-0.05, 0) is 39.0 Å². The number of hydrogen-bond acceptors (Lipinski definition) is 2. The monoisotopic (exact) mass is 282 g/mol. The van der Waals surface area contributed by atoms with E-state index in [1.165, 1.54) is 0 Å². The third-order valence-electron chi connectivity index (χ3n) is 5.11. The van der Waals surface area contributed by atoms with Crippen molar-refractivity contribution in [3.05, 3.63) is 0 Å². The zero-order valence-electron chi connectivity index (χ0n) is 12.6. The van der Waals surface area contributed by atoms with Crippen LogP contribution in [0.2, 0.25) is 0 Å². The van der Waals surface area contributed by atoms with Gasteiger partial charge in [-0.1, -0.05) is 19.8 Å². The fourth-order valence-electron chi connectivity index (χ4n) is 3.54. The molecule has 20 heavy (non-hydrogen) atoms. The fourth-order valence-corrected chi connectivity index (χ4v) is 3.54. The molecule has 0 spiro atoms. The average Bonchev–Trinajstić information content (AvgIpc) is 2.85. The van der Waals surface area contributed by atoms with Crippen LogP contribution in [0, 0.1) is 5.41 Å². The molecule has 1 saturated carbocycles. The molecule has 0 aromatic heterocycles. The molecule has 1 saturated heterocycles. The average molecular weight is 282 g/mol. The number of carboxylic acids is 1. The first-order chi connectivity index (χ1) is 9.41. The highest BCUT2D eigenvalue weighted by atomic mass is 16.4. The number of hydrogen-bond donors (Lipinski definition) is 2. The van der Waals surface area contributed by atoms with Gasteiger partial charge in [0.2, 0.25) is 0 Å². The van der Waals surface area contributed by atoms with Crippen molar-refractivity contribution in [2.45, 2.75) is 64.3 Å². The zero-order chi connectivity index (χ0) is 14.8. The number of aliphatic carboxylic acids is 1. The molecule has 114 valence electrons. The molecule has 5 heteroatoms. The number of amides is 2. The fraction of sp³-hybridized carbons (Fsp3) is 0.867. The molecule has 1 atom stereocenters. The van der Waals surface area contributed by atoms with Crippen molar-refractivity contribution in [3.63, 3.8) is 0 Å². The lowest BCUT2D eigenvalue weighted by Gasteiger charge is -2.40. The lowest BCUT2D eigenvalue weighted by molar-refractivity contribution is -0.152. The number of likely N-dealkylation sites (tertiary alicyclic amines) is 1. The molecule has 5 nitrogen and oxygen atoms in total. The highest BCUT2D eigenvalue weighted by Crippen LogP contribution is 2.34. The molecule has 1 aliphatic carbocycles. The van der Waals surface area contributed by atoms with Gasteiger partial charge >= 0.3 is 12.0 Å². The Balaban J connectivity index is 2.01. The summed E-state index contributed by atoms with van der Waals surface area (Å²) in [5.74, 6) is -0.774. The van der Waals surface area contributed by atoms with E-state index in [4.69, 9.17) is 0 Å². The predicted molar refractivity (Wildman–Crippen MR) is 76.6 cm³/mol. The standard InChI is InChI=1S/C15H26N2O3/c1-3-15(12(18)19)9-6-10-17(11-15)13(20)16-14(2)7-4-5-8-14/h3-11H2,1-2H3,(H,16,20)(H,18,19). The topological polar surface area (TPSA) is 69.6 Å². The largest absolute Gasteiger partial charge is 0.481 e. The van der Waals surface area contributed by atoms with Gasteiger partial charge in [0.1, 0.15) is 0 Å². The van der Waals surface area contributed by atoms with Gasteiger partial charge in [-0.25, -0.2) is 4.79 Å². The van der Waals surface area contributed by atoms with Crippen LogP contribution in [0.4, 0.5) is 4.79 Å². The Morgan fingerprint density at radius 1 is 1.20 bits per heavy atom. The smallest absolute Gasteiger partial charge is 0.317 e. The van der Waals surface area contributed by atoms with Crippen LogP contribution in [-0.2, 0) is 4.79 Å². The molecule has 1 aliphatic heterocycles. The van der Waals surface area contributed by atoms with Crippen molar-refractivity contribution in [2.75, 3.05) is 13.1 Å². The normalized spacial score (nSPS) is 29.2. The molecule has 2 aliphatic rings. The van der Waals surface area contributed by atoms with Gasteiger partial charge in [-0.3, -0.25) is 4.79 Å². The summed E-state index contributed by atoms with van der Waals surface area (Å²) < 4.78 is 0. The Morgan fingerprint density at radius 2 is 1.85 bits per heavy atom. The van der Waals surface area contributed by atoms with Crippen LogP contribution in [0.1, 0.15) is 58.8 Å². The van der Waals surface area contributed by atoms with E-state index < -0.39 is 11.4 Å². The second kappa shape index (κ2) is 5.62. The Kier molecular flexibility index (Phi) is 4.25. The molecule has 1 unspecified atom stereocenters. The first-order valence-electron chi connectivity index (χ1n) is 7.71. The summed E-state index contributed by atoms with van der Waals surface area (Å²) in [6, 6.07) is -0.0897. The number of urea groups is 1. The molecule has 0 aromatic carbocycles. The van der Waals surface area contributed by atoms with E-state index in [0.29, 0.717) is 25.9 Å². The lowest BCUT2D eigenvalue weighted by Crippen LogP contribution is -2.56. The molecule has 0 radical (unpaired) electrons. The predicted octanol–water partition coefficient (Wildman–Crippen LogP) is 2.61. The summed E-state index contributed by atoms with van der Waals surface area (Å²) in [6.07, 6.45) is 6.36. The van der Waals surface area contributed by atoms with E-state index in [2.05, 4.69) is 12.2 Å². The molecule has 0 bridgehead atoms. The van der Waals surface area contributed by atoms with Crippen LogP contribution in [0.3, 0.4) is 0 Å². The van der Waals surface area contributed by atoms with Gasteiger partial charge in [0, 0.05) is 18.6 Å². The number of carboxylic acid groups (broad SMARTS) is 1. The Labute approximate surface area is 120 Å². The highest BCUT2D eigenvalue weighted by Gasteiger charge is 2.43. The Morgan fingerprint density at radius 3 is 2.40 bits per heavy atom. The van der Waals surface area contributed by atoms with Gasteiger partial charge in [-0.2, -0.15) is 0 Å². The van der Waals surface area contributed by atoms with Crippen LogP contribution in [0.5, 0.6) is 0 Å². The number of carbonyl (C=O) groups is 2. The molecule has 2 amide bonds. The van der Waals surface area contributed by atoms with Crippen molar-refractivity contribution in [1.82, 2.24) is 10.2 Å². The van der Waals surface area contributed by atoms with Crippen molar-refractivity contribution in [3.8, 4) is 0 Å². The zero-order valence-corrected chi connectivity index (χ0v) is 12.6. The van der Waals surface area contributed by atoms with Crippen molar-refractivity contribution in [2.24, 2.45) is 5.41 Å². The third kappa shape index (κ3) is 2.91. The van der Waals surface area contributed by atoms with E-state index >= 15 is 0 Å². The van der Waals surface area contributed by atoms with Crippen LogP contribution >= 0.6 is 0 Å². The maximum atomic E-state index is 12.4. The third-order valence-corrected chi connectivity index (χ3v) is 5.11. The Bertz CT molecular complexity index is 391. The maximum absolute atomic E-state index is 12.4. The van der Waals surface area contributed by atoms with Crippen LogP contribution < -0.4 is 5.32 Å². The van der Waals surface area contributed by atoms with E-state index in [1.54, 1.807) is 4.90 Å². The van der Waals surface area contributed by atoms with E-state index in [9.17, 15) is 14.7 Å². The first kappa shape index (κ1) is 15.1. The van der Waals surface area contributed by atoms with Gasteiger partial charge in [0.05, 0.1) is 5.41 Å². The summed E-state index contributed by atoms with van der Waals surface area (Å²) in [4.78, 5) is 25.6. The van der Waals surface area contributed by atoms with E-state index in [-0.39, 0.29) is 11.6 Å². The van der Waals surface area contributed by atoms with E-state index in [1.807, 2.05) is 6.92 Å². The second-order valence-corrected chi connectivity index (χ2v) is 6.66. The molecule has 2 rings (SSSR count). The minimum absolute atomic E-state index is 0.0897. The van der Waals surface area contributed by atoms with Crippen LogP contribution in [-0.4, -0.2) is 40.6 Å². The van der Waals surface area contributed by atoms with Gasteiger partial charge < -0.3 is 15.3 Å². The molecule has 2 N–H and O–H groups in total. The maximum Gasteiger partial charge on any atom is 0.317 e. The SMILES string of the molecule is CCC1(C(=O)O)CCCN(C(=O)NC2(C)CCCC2)C1. The van der Waals surface area contributed by atoms with Crippen LogP contribution in [0.25, 0.3) is 0 Å². The lowest BCUT2D eigenvalue weighted by atomic mass is 9.78. The number of nitrogens with one attached hydrogen (secondary N) is 1. The summed E-state index contributed by atoms with van der Waals surface area (Å²) in [5, 5.41) is 12.6. The van der Waals surface area contributed by atoms with Crippen molar-refractivity contribution in [1.29, 1.82) is 0 Å². The summed E-state index contributed by atoms with van der Waals surface area (Å²) >= 11 is 0. The molecular formula is C15H26N2O3. The highest BCUT2D eigenvalue weighted by molar-refractivity contribution is 5.79. The van der Waals surface area contributed by atoms with Crippen molar-refractivity contribution >= 4 is 12.0 Å². The second-order valence-electron chi connectivity index (χ2n) is 6.66. The van der Waals surface area contributed by atoms with Gasteiger partial charge in [-0.15, -0.1) is 0 Å². The number of rotatable bonds is 3. The number of piperidine rings is 1. The van der Waals surface area contributed by atoms with Gasteiger partial charge in [0.25, 0.3) is 0 Å². The molecule has 1 heterocycles. The number of nitrogens with zero attached hydrogens (tertiary/aromatic N) is 1. The minimum Gasteiger partial charge on any atom is -0.481 e. The quantitative estimate of drug-likeness (QED) is 0.836.